The van der Waals surface area contributed by atoms with Gasteiger partial charge in [0.05, 0.1) is 5.39 Å². The number of unbranched alkanes of at least 4 members (excludes halogenated alkanes) is 1. The fourth-order valence-electron chi connectivity index (χ4n) is 2.32. The van der Waals surface area contributed by atoms with E-state index in [4.69, 9.17) is 0 Å². The summed E-state index contributed by atoms with van der Waals surface area (Å²) in [4.78, 5) is 29.6. The molecule has 20 heavy (non-hydrogen) atoms. The van der Waals surface area contributed by atoms with Gasteiger partial charge in [0.1, 0.15) is 5.65 Å². The molecule has 0 saturated carbocycles. The van der Waals surface area contributed by atoms with E-state index >= 15 is 0 Å². The fraction of sp³-hybridized carbons (Fsp3) is 0.500. The molecule has 108 valence electrons. The topological polar surface area (TPSA) is 56.9 Å². The normalized spacial score (nSPS) is 11.2. The van der Waals surface area contributed by atoms with E-state index < -0.39 is 0 Å². The van der Waals surface area contributed by atoms with Crippen LogP contribution in [-0.4, -0.2) is 20.4 Å². The van der Waals surface area contributed by atoms with Gasteiger partial charge >= 0.3 is 5.69 Å². The van der Waals surface area contributed by atoms with Gasteiger partial charge in [-0.25, -0.2) is 9.78 Å². The Hall–Kier alpha value is -1.56. The maximum atomic E-state index is 12.4. The van der Waals surface area contributed by atoms with E-state index in [2.05, 4.69) is 11.9 Å². The average Bonchev–Trinajstić information content (AvgIpc) is 2.47. The van der Waals surface area contributed by atoms with Crippen LogP contribution >= 0.6 is 11.8 Å². The summed E-state index contributed by atoms with van der Waals surface area (Å²) in [6.45, 7) is 2.13. The van der Waals surface area contributed by atoms with Gasteiger partial charge in [-0.1, -0.05) is 13.3 Å². The van der Waals surface area contributed by atoms with Crippen LogP contribution in [0.2, 0.25) is 0 Å². The number of fused-ring (bicyclic) bond motifs is 1. The molecular formula is C14H19N3O2S. The average molecular weight is 293 g/mol. The molecule has 0 aliphatic carbocycles. The number of thioether (sulfide) groups is 1. The van der Waals surface area contributed by atoms with Crippen LogP contribution in [0.15, 0.2) is 20.7 Å². The highest BCUT2D eigenvalue weighted by molar-refractivity contribution is 7.98. The fourth-order valence-corrected chi connectivity index (χ4v) is 3.12. The highest BCUT2D eigenvalue weighted by Gasteiger charge is 2.16. The van der Waals surface area contributed by atoms with Gasteiger partial charge in [-0.15, -0.1) is 11.8 Å². The molecule has 5 nitrogen and oxygen atoms in total. The molecule has 2 heterocycles. The quantitative estimate of drug-likeness (QED) is 0.805. The third-order valence-corrected chi connectivity index (χ3v) is 4.37. The van der Waals surface area contributed by atoms with Crippen LogP contribution in [-0.2, 0) is 20.5 Å². The summed E-state index contributed by atoms with van der Waals surface area (Å²) in [5.41, 5.74) is 0.937. The van der Waals surface area contributed by atoms with E-state index in [9.17, 15) is 9.59 Å². The Balaban J connectivity index is 2.87. The van der Waals surface area contributed by atoms with E-state index in [0.29, 0.717) is 11.0 Å². The highest BCUT2D eigenvalue weighted by Crippen LogP contribution is 2.27. The molecule has 6 heteroatoms. The smallest absolute Gasteiger partial charge is 0.280 e. The Morgan fingerprint density at radius 2 is 1.95 bits per heavy atom. The van der Waals surface area contributed by atoms with Crippen molar-refractivity contribution in [3.8, 4) is 0 Å². The summed E-state index contributed by atoms with van der Waals surface area (Å²) in [6, 6.07) is 0. The lowest BCUT2D eigenvalue weighted by Crippen LogP contribution is -2.37. The number of pyridine rings is 1. The van der Waals surface area contributed by atoms with Gasteiger partial charge in [0.25, 0.3) is 5.56 Å². The molecule has 0 spiro atoms. The lowest BCUT2D eigenvalue weighted by molar-refractivity contribution is 0.703. The Morgan fingerprint density at radius 3 is 2.55 bits per heavy atom. The van der Waals surface area contributed by atoms with Crippen molar-refractivity contribution in [1.29, 1.82) is 0 Å². The van der Waals surface area contributed by atoms with Crippen LogP contribution in [0.5, 0.6) is 0 Å². The second kappa shape index (κ2) is 5.83. The Labute approximate surface area is 121 Å². The van der Waals surface area contributed by atoms with E-state index in [1.54, 1.807) is 25.0 Å². The number of hydrogen-bond donors (Lipinski definition) is 0. The van der Waals surface area contributed by atoms with E-state index in [-0.39, 0.29) is 11.2 Å². The number of hydrogen-bond acceptors (Lipinski definition) is 4. The van der Waals surface area contributed by atoms with Crippen molar-refractivity contribution in [1.82, 2.24) is 14.1 Å². The van der Waals surface area contributed by atoms with Crippen LogP contribution in [0.1, 0.15) is 25.3 Å². The minimum atomic E-state index is -0.344. The van der Waals surface area contributed by atoms with E-state index in [0.717, 1.165) is 34.3 Å². The van der Waals surface area contributed by atoms with Crippen LogP contribution in [0.3, 0.4) is 0 Å². The minimum Gasteiger partial charge on any atom is -0.280 e. The van der Waals surface area contributed by atoms with Crippen molar-refractivity contribution in [3.05, 3.63) is 32.6 Å². The summed E-state index contributed by atoms with van der Waals surface area (Å²) in [6.07, 6.45) is 6.81. The maximum Gasteiger partial charge on any atom is 0.332 e. The van der Waals surface area contributed by atoms with Crippen molar-refractivity contribution in [2.75, 3.05) is 6.26 Å². The second-order valence-corrected chi connectivity index (χ2v) is 5.64. The van der Waals surface area contributed by atoms with Gasteiger partial charge in [0, 0.05) is 25.2 Å². The summed E-state index contributed by atoms with van der Waals surface area (Å²) in [5, 5.41) is 0.552. The van der Waals surface area contributed by atoms with Crippen molar-refractivity contribution in [3.63, 3.8) is 0 Å². The molecule has 0 bridgehead atoms. The summed E-state index contributed by atoms with van der Waals surface area (Å²) >= 11 is 1.54. The Bertz CT molecular complexity index is 762. The molecule has 2 aromatic heterocycles. The largest absolute Gasteiger partial charge is 0.332 e. The maximum absolute atomic E-state index is 12.4. The van der Waals surface area contributed by atoms with Crippen molar-refractivity contribution >= 4 is 22.8 Å². The third kappa shape index (κ3) is 2.28. The summed E-state index contributed by atoms with van der Waals surface area (Å²) in [7, 11) is 3.15. The highest BCUT2D eigenvalue weighted by atomic mass is 32.2. The lowest BCUT2D eigenvalue weighted by Gasteiger charge is -2.12. The molecule has 2 rings (SSSR count). The molecule has 0 aliphatic rings. The van der Waals surface area contributed by atoms with E-state index in [1.165, 1.54) is 11.6 Å². The SMILES string of the molecule is CCCCc1cnc2c(c1SC)c(=O)n(C)c(=O)n2C. The molecule has 0 unspecified atom stereocenters. The van der Waals surface area contributed by atoms with Gasteiger partial charge in [0.2, 0.25) is 0 Å². The number of aryl methyl sites for hydroxylation is 2. The van der Waals surface area contributed by atoms with Crippen molar-refractivity contribution < 1.29 is 0 Å². The van der Waals surface area contributed by atoms with Gasteiger partial charge in [-0.3, -0.25) is 13.9 Å². The summed E-state index contributed by atoms with van der Waals surface area (Å²) in [5.74, 6) is 0. The van der Waals surface area contributed by atoms with Crippen molar-refractivity contribution in [2.45, 2.75) is 31.1 Å². The Morgan fingerprint density at radius 1 is 1.25 bits per heavy atom. The summed E-state index contributed by atoms with van der Waals surface area (Å²) < 4.78 is 2.58. The first-order valence-electron chi connectivity index (χ1n) is 6.64. The van der Waals surface area contributed by atoms with Gasteiger partial charge in [0.15, 0.2) is 0 Å². The molecule has 0 N–H and O–H groups in total. The first kappa shape index (κ1) is 14.8. The van der Waals surface area contributed by atoms with Gasteiger partial charge < -0.3 is 0 Å². The Kier molecular flexibility index (Phi) is 4.32. The predicted octanol–water partition coefficient (Wildman–Crippen LogP) is 1.70. The third-order valence-electron chi connectivity index (χ3n) is 3.50. The monoisotopic (exact) mass is 293 g/mol. The number of rotatable bonds is 4. The van der Waals surface area contributed by atoms with Crippen LogP contribution in [0.25, 0.3) is 11.0 Å². The molecule has 0 saturated heterocycles. The molecular weight excluding hydrogens is 274 g/mol. The molecule has 0 fully saturated rings. The molecule has 2 aromatic rings. The van der Waals surface area contributed by atoms with E-state index in [1.807, 2.05) is 6.26 Å². The van der Waals surface area contributed by atoms with Crippen LogP contribution in [0.4, 0.5) is 0 Å². The second-order valence-electron chi connectivity index (χ2n) is 4.82. The lowest BCUT2D eigenvalue weighted by atomic mass is 10.1. The molecule has 0 amide bonds. The van der Waals surface area contributed by atoms with Gasteiger partial charge in [-0.05, 0) is 24.7 Å². The van der Waals surface area contributed by atoms with Gasteiger partial charge in [-0.2, -0.15) is 0 Å². The standard InChI is InChI=1S/C14H19N3O2S/c1-5-6-7-9-8-15-12-10(11(9)20-4)13(18)17(3)14(19)16(12)2/h8H,5-7H2,1-4H3. The molecule has 0 aliphatic heterocycles. The minimum absolute atomic E-state index is 0.265. The van der Waals surface area contributed by atoms with Crippen LogP contribution < -0.4 is 11.2 Å². The number of aromatic nitrogens is 3. The number of nitrogens with zero attached hydrogens (tertiary/aromatic N) is 3. The van der Waals surface area contributed by atoms with Crippen LogP contribution in [0, 0.1) is 0 Å². The molecule has 0 radical (unpaired) electrons. The zero-order chi connectivity index (χ0) is 14.9. The zero-order valence-electron chi connectivity index (χ0n) is 12.3. The molecule has 0 aromatic carbocycles. The first-order chi connectivity index (χ1) is 9.52. The zero-order valence-corrected chi connectivity index (χ0v) is 13.1. The molecule has 0 atom stereocenters. The first-order valence-corrected chi connectivity index (χ1v) is 7.87. The van der Waals surface area contributed by atoms with Crippen molar-refractivity contribution in [2.24, 2.45) is 14.1 Å². The predicted molar refractivity (Wildman–Crippen MR) is 82.6 cm³/mol.